The number of hydrogen-bond acceptors (Lipinski definition) is 4. The molecular weight excluding hydrogens is 783 g/mol. The molecule has 0 radical (unpaired) electrons. The average Bonchev–Trinajstić information content (AvgIpc) is 2.71. The molecule has 14 heteroatoms. The predicted molar refractivity (Wildman–Crippen MR) is 143 cm³/mol. The number of nitrogens with zero attached hydrogens (tertiary/aromatic N) is 3. The summed E-state index contributed by atoms with van der Waals surface area (Å²) in [4.78, 5) is 13.1. The molecule has 0 saturated heterocycles. The highest BCUT2D eigenvalue weighted by molar-refractivity contribution is 9.14. The van der Waals surface area contributed by atoms with E-state index in [9.17, 15) is 0 Å². The molecule has 30 heavy (non-hydrogen) atoms. The molecule has 0 bridgehead atoms. The Kier molecular flexibility index (Phi) is 13.4. The van der Waals surface area contributed by atoms with Gasteiger partial charge in [-0.25, -0.2) is 15.0 Å². The Bertz CT molecular complexity index is 765. The molecule has 0 aliphatic heterocycles. The van der Waals surface area contributed by atoms with Crippen LogP contribution in [0.3, 0.4) is 0 Å². The number of aromatic nitrogens is 3. The number of halogens is 10. The zero-order chi connectivity index (χ0) is 23.1. The lowest BCUT2D eigenvalue weighted by Gasteiger charge is -2.15. The van der Waals surface area contributed by atoms with Crippen LogP contribution in [0.2, 0.25) is 0 Å². The first kappa shape index (κ1) is 29.7. The van der Waals surface area contributed by atoms with Crippen molar-refractivity contribution in [3.8, 4) is 17.1 Å². The smallest absolute Gasteiger partial charge is 0.250 e. The van der Waals surface area contributed by atoms with E-state index < -0.39 is 7.59 Å². The van der Waals surface area contributed by atoms with Crippen molar-refractivity contribution >= 4 is 133 Å². The van der Waals surface area contributed by atoms with E-state index in [1.165, 1.54) is 0 Å². The number of methoxy groups -OCH3 is 1. The minimum absolute atomic E-state index is 0.139. The maximum absolute atomic E-state index is 5.82. The maximum Gasteiger partial charge on any atom is 0.250 e. The van der Waals surface area contributed by atoms with Crippen molar-refractivity contribution in [3.05, 3.63) is 35.9 Å². The second-order valence-electron chi connectivity index (χ2n) is 5.37. The van der Waals surface area contributed by atoms with E-state index in [-0.39, 0.29) is 17.5 Å². The zero-order valence-corrected chi connectivity index (χ0v) is 25.8. The van der Waals surface area contributed by atoms with Crippen LogP contribution in [0, 0.1) is 0 Å². The SMILES string of the molecule is BrCC(Br)C(Br)CBr.COc1ccc(-c2nc(C(Cl)(Cl)Cl)nc(C(Cl)(Cl)Cl)n2)cc1. The lowest BCUT2D eigenvalue weighted by molar-refractivity contribution is 0.415. The minimum atomic E-state index is -1.88. The minimum Gasteiger partial charge on any atom is -0.497 e. The van der Waals surface area contributed by atoms with Crippen molar-refractivity contribution < 1.29 is 4.74 Å². The molecule has 1 heterocycles. The quantitative estimate of drug-likeness (QED) is 0.285. The summed E-state index contributed by atoms with van der Waals surface area (Å²) in [6.07, 6.45) is 0. The first-order valence-corrected chi connectivity index (χ1v) is 14.1. The van der Waals surface area contributed by atoms with Crippen LogP contribution in [0.5, 0.6) is 5.75 Å². The van der Waals surface area contributed by atoms with Gasteiger partial charge in [0.2, 0.25) is 7.59 Å². The summed E-state index contributed by atoms with van der Waals surface area (Å²) in [5, 5.41) is 1.96. The van der Waals surface area contributed by atoms with Crippen LogP contribution in [0.4, 0.5) is 0 Å². The standard InChI is InChI=1S/C12H7Cl6N3O.C4H6Br4/c1-22-7-4-2-6(3-5-7)8-19-9(11(13,14)15)21-10(20-8)12(16,17)18;5-1-3(7)4(8)2-6/h2-5H,1H3;3-4H,1-2H2. The van der Waals surface area contributed by atoms with Crippen LogP contribution >= 0.6 is 133 Å². The van der Waals surface area contributed by atoms with Crippen LogP contribution in [0.15, 0.2) is 24.3 Å². The summed E-state index contributed by atoms with van der Waals surface area (Å²) in [7, 11) is 1.56. The highest BCUT2D eigenvalue weighted by Gasteiger charge is 2.34. The second-order valence-corrected chi connectivity index (χ2v) is 13.6. The van der Waals surface area contributed by atoms with Crippen molar-refractivity contribution in [2.75, 3.05) is 17.8 Å². The largest absolute Gasteiger partial charge is 0.497 e. The van der Waals surface area contributed by atoms with Crippen molar-refractivity contribution in [3.63, 3.8) is 0 Å². The molecule has 0 spiro atoms. The van der Waals surface area contributed by atoms with Crippen LogP contribution in [-0.4, -0.2) is 42.4 Å². The van der Waals surface area contributed by atoms with Gasteiger partial charge in [0.05, 0.1) is 7.11 Å². The Balaban J connectivity index is 0.000000479. The Morgan fingerprint density at radius 2 is 1.20 bits per heavy atom. The van der Waals surface area contributed by atoms with Gasteiger partial charge in [0.25, 0.3) is 0 Å². The molecule has 2 unspecified atom stereocenters. The molecule has 0 saturated carbocycles. The monoisotopic (exact) mass is 789 g/mol. The van der Waals surface area contributed by atoms with Crippen molar-refractivity contribution in [2.24, 2.45) is 0 Å². The van der Waals surface area contributed by atoms with Crippen molar-refractivity contribution in [1.82, 2.24) is 15.0 Å². The lowest BCUT2D eigenvalue weighted by Crippen LogP contribution is -2.16. The summed E-state index contributed by atoms with van der Waals surface area (Å²) in [6.45, 7) is 0. The van der Waals surface area contributed by atoms with E-state index in [1.807, 2.05) is 0 Å². The van der Waals surface area contributed by atoms with E-state index in [0.717, 1.165) is 10.7 Å². The van der Waals surface area contributed by atoms with Gasteiger partial charge in [-0.15, -0.1) is 0 Å². The van der Waals surface area contributed by atoms with E-state index in [0.29, 0.717) is 21.0 Å². The first-order valence-electron chi connectivity index (χ1n) is 7.78. The topological polar surface area (TPSA) is 47.9 Å². The number of alkyl halides is 10. The number of hydrogen-bond donors (Lipinski definition) is 0. The van der Waals surface area contributed by atoms with Gasteiger partial charge in [0, 0.05) is 25.9 Å². The molecular formula is C16H13Br4Cl6N3O. The van der Waals surface area contributed by atoms with Gasteiger partial charge in [-0.1, -0.05) is 133 Å². The van der Waals surface area contributed by atoms with Gasteiger partial charge < -0.3 is 4.74 Å². The van der Waals surface area contributed by atoms with Gasteiger partial charge >= 0.3 is 0 Å². The average molecular weight is 796 g/mol. The molecule has 1 aromatic carbocycles. The Morgan fingerprint density at radius 1 is 0.800 bits per heavy atom. The highest BCUT2D eigenvalue weighted by atomic mass is 79.9. The van der Waals surface area contributed by atoms with Crippen molar-refractivity contribution in [2.45, 2.75) is 17.2 Å². The van der Waals surface area contributed by atoms with E-state index in [4.69, 9.17) is 74.3 Å². The van der Waals surface area contributed by atoms with Gasteiger partial charge in [-0.2, -0.15) is 0 Å². The third kappa shape index (κ3) is 9.90. The van der Waals surface area contributed by atoms with E-state index in [2.05, 4.69) is 78.7 Å². The van der Waals surface area contributed by atoms with Gasteiger partial charge in [-0.05, 0) is 24.3 Å². The molecule has 168 valence electrons. The van der Waals surface area contributed by atoms with E-state index in [1.54, 1.807) is 31.4 Å². The maximum atomic E-state index is 5.82. The lowest BCUT2D eigenvalue weighted by atomic mass is 10.2. The molecule has 0 N–H and O–H groups in total. The summed E-state index contributed by atoms with van der Waals surface area (Å²) >= 11 is 48.6. The van der Waals surface area contributed by atoms with Crippen LogP contribution in [0.25, 0.3) is 11.4 Å². The summed E-state index contributed by atoms with van der Waals surface area (Å²) in [6, 6.07) is 6.89. The molecule has 4 nitrogen and oxygen atoms in total. The molecule has 2 aromatic rings. The molecule has 0 amide bonds. The van der Waals surface area contributed by atoms with Crippen LogP contribution in [0.1, 0.15) is 11.6 Å². The van der Waals surface area contributed by atoms with E-state index >= 15 is 0 Å². The van der Waals surface area contributed by atoms with Crippen LogP contribution < -0.4 is 4.74 Å². The fraction of sp³-hybridized carbons (Fsp3) is 0.438. The van der Waals surface area contributed by atoms with Gasteiger partial charge in [0.1, 0.15) is 5.75 Å². The zero-order valence-electron chi connectivity index (χ0n) is 14.9. The highest BCUT2D eigenvalue weighted by Crippen LogP contribution is 2.40. The molecule has 0 aliphatic carbocycles. The van der Waals surface area contributed by atoms with Gasteiger partial charge in [0.15, 0.2) is 17.5 Å². The fourth-order valence-electron chi connectivity index (χ4n) is 1.69. The third-order valence-corrected chi connectivity index (χ3v) is 9.96. The normalized spacial score (nSPS) is 13.8. The summed E-state index contributed by atoms with van der Waals surface area (Å²) in [5.41, 5.74) is 0.620. The molecule has 2 rings (SSSR count). The number of benzene rings is 1. The predicted octanol–water partition coefficient (Wildman–Crippen LogP) is 8.50. The summed E-state index contributed by atoms with van der Waals surface area (Å²) < 4.78 is 1.32. The Labute approximate surface area is 238 Å². The Morgan fingerprint density at radius 3 is 1.50 bits per heavy atom. The summed E-state index contributed by atoms with van der Waals surface area (Å²) in [5.74, 6) is 0.598. The Hall–Kier alpha value is 1.69. The number of ether oxygens (including phenoxy) is 1. The molecule has 2 atom stereocenters. The van der Waals surface area contributed by atoms with Crippen LogP contribution in [-0.2, 0) is 7.59 Å². The van der Waals surface area contributed by atoms with Gasteiger partial charge in [-0.3, -0.25) is 0 Å². The third-order valence-electron chi connectivity index (χ3n) is 3.18. The fourth-order valence-corrected chi connectivity index (χ4v) is 4.48. The molecule has 0 aliphatic rings. The first-order chi connectivity index (χ1) is 13.8. The number of rotatable bonds is 5. The second kappa shape index (κ2) is 13.5. The molecule has 1 aromatic heterocycles. The van der Waals surface area contributed by atoms with Crippen molar-refractivity contribution in [1.29, 1.82) is 0 Å². The molecule has 0 fully saturated rings.